The number of nitrogens with one attached hydrogen (secondary N) is 1. The van der Waals surface area contributed by atoms with Crippen molar-refractivity contribution in [3.8, 4) is 0 Å². The molecular formula is C22H21N. The van der Waals surface area contributed by atoms with Gasteiger partial charge in [0.2, 0.25) is 0 Å². The van der Waals surface area contributed by atoms with Gasteiger partial charge in [-0.05, 0) is 59.8 Å². The van der Waals surface area contributed by atoms with Gasteiger partial charge in [-0.2, -0.15) is 0 Å². The van der Waals surface area contributed by atoms with E-state index in [-0.39, 0.29) is 0 Å². The molecule has 0 fully saturated rings. The molecule has 2 aliphatic rings. The molecule has 1 heteroatoms. The fraction of sp³-hybridized carbons (Fsp3) is 0.136. The van der Waals surface area contributed by atoms with Gasteiger partial charge in [0.15, 0.2) is 0 Å². The predicted octanol–water partition coefficient (Wildman–Crippen LogP) is 5.90. The Labute approximate surface area is 138 Å². The minimum atomic E-state index is 0.551. The zero-order chi connectivity index (χ0) is 16.2. The Kier molecular flexibility index (Phi) is 4.38. The van der Waals surface area contributed by atoms with Gasteiger partial charge < -0.3 is 5.41 Å². The average Bonchev–Trinajstić information content (AvgIpc) is 2.62. The number of hydrogen-bond donors (Lipinski definition) is 1. The summed E-state index contributed by atoms with van der Waals surface area (Å²) in [4.78, 5) is 0. The van der Waals surface area contributed by atoms with E-state index >= 15 is 0 Å². The van der Waals surface area contributed by atoms with Crippen LogP contribution < -0.4 is 0 Å². The first kappa shape index (κ1) is 15.2. The van der Waals surface area contributed by atoms with Crippen LogP contribution in [0.4, 0.5) is 0 Å². The van der Waals surface area contributed by atoms with E-state index in [0.29, 0.717) is 5.71 Å². The van der Waals surface area contributed by atoms with Crippen LogP contribution >= 0.6 is 0 Å². The topological polar surface area (TPSA) is 23.9 Å². The summed E-state index contributed by atoms with van der Waals surface area (Å²) in [5, 5.41) is 8.15. The highest BCUT2D eigenvalue weighted by atomic mass is 14.4. The SMILES string of the molecule is C=CC1=C/C(=C(/C)c2ccc(C3=CCCC=C3)cc2)C(=N)C=C1. The van der Waals surface area contributed by atoms with E-state index < -0.39 is 0 Å². The number of hydrogen-bond acceptors (Lipinski definition) is 1. The Morgan fingerprint density at radius 3 is 2.52 bits per heavy atom. The second-order valence-electron chi connectivity index (χ2n) is 5.85. The zero-order valence-corrected chi connectivity index (χ0v) is 13.5. The van der Waals surface area contributed by atoms with E-state index in [1.807, 2.05) is 24.3 Å². The van der Waals surface area contributed by atoms with Crippen molar-refractivity contribution < 1.29 is 0 Å². The zero-order valence-electron chi connectivity index (χ0n) is 13.5. The first-order valence-electron chi connectivity index (χ1n) is 7.98. The summed E-state index contributed by atoms with van der Waals surface area (Å²) in [5.41, 5.74) is 7.40. The largest absolute Gasteiger partial charge is 0.300 e. The third-order valence-electron chi connectivity index (χ3n) is 4.33. The molecule has 0 atom stereocenters. The third-order valence-corrected chi connectivity index (χ3v) is 4.33. The summed E-state index contributed by atoms with van der Waals surface area (Å²) in [6.45, 7) is 5.89. The third kappa shape index (κ3) is 3.24. The van der Waals surface area contributed by atoms with Gasteiger partial charge in [0, 0.05) is 5.57 Å². The van der Waals surface area contributed by atoms with Gasteiger partial charge >= 0.3 is 0 Å². The van der Waals surface area contributed by atoms with Crippen LogP contribution in [0, 0.1) is 5.41 Å². The van der Waals surface area contributed by atoms with E-state index in [2.05, 4.69) is 56.0 Å². The lowest BCUT2D eigenvalue weighted by Crippen LogP contribution is -2.03. The Morgan fingerprint density at radius 2 is 1.87 bits per heavy atom. The van der Waals surface area contributed by atoms with Crippen LogP contribution in [0.2, 0.25) is 0 Å². The van der Waals surface area contributed by atoms with E-state index in [1.54, 1.807) is 0 Å². The monoisotopic (exact) mass is 299 g/mol. The summed E-state index contributed by atoms with van der Waals surface area (Å²) < 4.78 is 0. The van der Waals surface area contributed by atoms with Crippen molar-refractivity contribution in [3.63, 3.8) is 0 Å². The van der Waals surface area contributed by atoms with Crippen molar-refractivity contribution >= 4 is 16.9 Å². The minimum Gasteiger partial charge on any atom is -0.300 e. The van der Waals surface area contributed by atoms with Gasteiger partial charge in [0.1, 0.15) is 0 Å². The first-order valence-corrected chi connectivity index (χ1v) is 7.98. The van der Waals surface area contributed by atoms with Crippen molar-refractivity contribution in [2.45, 2.75) is 19.8 Å². The van der Waals surface area contributed by atoms with Crippen molar-refractivity contribution in [2.75, 3.05) is 0 Å². The first-order chi connectivity index (χ1) is 11.2. The van der Waals surface area contributed by atoms with E-state index in [0.717, 1.165) is 35.1 Å². The quantitative estimate of drug-likeness (QED) is 0.719. The molecule has 1 N–H and O–H groups in total. The van der Waals surface area contributed by atoms with Crippen molar-refractivity contribution in [2.24, 2.45) is 0 Å². The van der Waals surface area contributed by atoms with Crippen molar-refractivity contribution in [3.05, 3.63) is 95.6 Å². The van der Waals surface area contributed by atoms with Gasteiger partial charge in [0.25, 0.3) is 0 Å². The normalized spacial score (nSPS) is 19.3. The summed E-state index contributed by atoms with van der Waals surface area (Å²) in [5.74, 6) is 0. The Morgan fingerprint density at radius 1 is 1.09 bits per heavy atom. The van der Waals surface area contributed by atoms with Crippen LogP contribution in [-0.2, 0) is 0 Å². The van der Waals surface area contributed by atoms with Gasteiger partial charge in [-0.1, -0.05) is 61.2 Å². The molecule has 0 amide bonds. The summed E-state index contributed by atoms with van der Waals surface area (Å²) in [7, 11) is 0. The Balaban J connectivity index is 1.94. The van der Waals surface area contributed by atoms with E-state index in [9.17, 15) is 0 Å². The molecular weight excluding hydrogens is 278 g/mol. The summed E-state index contributed by atoms with van der Waals surface area (Å²) in [6.07, 6.45) is 16.6. The standard InChI is InChI=1S/C22H21N/c1-3-17-9-14-22(23)21(15-17)16(2)18-10-12-20(13-11-18)19-7-5-4-6-8-19/h3,5,7-15,23H,1,4,6H2,2H3/b21-16+,23-22?. The average molecular weight is 299 g/mol. The molecule has 0 saturated carbocycles. The molecule has 2 aliphatic carbocycles. The molecule has 0 bridgehead atoms. The molecule has 3 rings (SSSR count). The van der Waals surface area contributed by atoms with Crippen LogP contribution in [0.25, 0.3) is 11.1 Å². The molecule has 1 aromatic carbocycles. The number of rotatable bonds is 3. The van der Waals surface area contributed by atoms with E-state index in [1.165, 1.54) is 11.1 Å². The highest BCUT2D eigenvalue weighted by molar-refractivity contribution is 6.14. The van der Waals surface area contributed by atoms with Gasteiger partial charge in [0.05, 0.1) is 5.71 Å². The summed E-state index contributed by atoms with van der Waals surface area (Å²) in [6, 6.07) is 8.63. The predicted molar refractivity (Wildman–Crippen MR) is 101 cm³/mol. The lowest BCUT2D eigenvalue weighted by molar-refractivity contribution is 1.04. The maximum atomic E-state index is 8.15. The van der Waals surface area contributed by atoms with Gasteiger partial charge in [-0.15, -0.1) is 0 Å². The second-order valence-corrected chi connectivity index (χ2v) is 5.85. The van der Waals surface area contributed by atoms with Crippen molar-refractivity contribution in [1.29, 1.82) is 5.41 Å². The van der Waals surface area contributed by atoms with Crippen LogP contribution in [0.3, 0.4) is 0 Å². The molecule has 0 radical (unpaired) electrons. The Bertz CT molecular complexity index is 793. The fourth-order valence-electron chi connectivity index (χ4n) is 2.89. The van der Waals surface area contributed by atoms with Crippen molar-refractivity contribution in [1.82, 2.24) is 0 Å². The molecule has 114 valence electrons. The molecule has 23 heavy (non-hydrogen) atoms. The molecule has 0 unspecified atom stereocenters. The van der Waals surface area contributed by atoms with Gasteiger partial charge in [-0.3, -0.25) is 0 Å². The lowest BCUT2D eigenvalue weighted by atomic mass is 9.91. The van der Waals surface area contributed by atoms with Crippen LogP contribution in [0.1, 0.15) is 30.9 Å². The van der Waals surface area contributed by atoms with Crippen LogP contribution in [0.5, 0.6) is 0 Å². The van der Waals surface area contributed by atoms with Crippen LogP contribution in [0.15, 0.2) is 84.5 Å². The fourth-order valence-corrected chi connectivity index (χ4v) is 2.89. The molecule has 0 heterocycles. The minimum absolute atomic E-state index is 0.551. The molecule has 0 spiro atoms. The highest BCUT2D eigenvalue weighted by Gasteiger charge is 2.11. The smallest absolute Gasteiger partial charge is 0.0615 e. The molecule has 0 aromatic heterocycles. The molecule has 0 aliphatic heterocycles. The lowest BCUT2D eigenvalue weighted by Gasteiger charge is -2.14. The maximum Gasteiger partial charge on any atom is 0.0615 e. The Hall–Kier alpha value is -2.67. The second kappa shape index (κ2) is 6.62. The molecule has 1 aromatic rings. The highest BCUT2D eigenvalue weighted by Crippen LogP contribution is 2.27. The molecule has 0 saturated heterocycles. The number of allylic oxidation sites excluding steroid dienone is 11. The summed E-state index contributed by atoms with van der Waals surface area (Å²) >= 11 is 0. The number of benzene rings is 1. The molecule has 1 nitrogen and oxygen atoms in total. The van der Waals surface area contributed by atoms with Crippen LogP contribution in [-0.4, -0.2) is 5.71 Å². The van der Waals surface area contributed by atoms with Gasteiger partial charge in [-0.25, -0.2) is 0 Å². The maximum absolute atomic E-state index is 8.15. The van der Waals surface area contributed by atoms with E-state index in [4.69, 9.17) is 5.41 Å².